The van der Waals surface area contributed by atoms with Crippen LogP contribution in [0, 0.1) is 13.8 Å². The predicted molar refractivity (Wildman–Crippen MR) is 150 cm³/mol. The van der Waals surface area contributed by atoms with Crippen molar-refractivity contribution in [1.29, 1.82) is 0 Å². The standard InChI is InChI=1S/C14H22N4O.C10H12Cl2.C3H6/c1-12-6-8-17-13(11-12)16-7-4-3-5-14(19)18-10-9-15-2;1-3-4-8-5-9(11)7(2)10(12)6-8;1-3-2/h6,8-9,11H,3-5,7,10H2,1-2H3,(H,16,17)(H,18,19);5-6H,3-4H2,1-2H3;3H,1H2,2H3. The predicted octanol–water partition coefficient (Wildman–Crippen LogP) is 7.24. The largest absolute Gasteiger partial charge is 0.370 e. The van der Waals surface area contributed by atoms with Gasteiger partial charge >= 0.3 is 0 Å². The fourth-order valence-electron chi connectivity index (χ4n) is 2.73. The van der Waals surface area contributed by atoms with Gasteiger partial charge in [0.2, 0.25) is 5.91 Å². The number of halogens is 2. The molecule has 2 N–H and O–H groups in total. The van der Waals surface area contributed by atoms with E-state index in [4.69, 9.17) is 23.2 Å². The lowest BCUT2D eigenvalue weighted by Crippen LogP contribution is -2.24. The Labute approximate surface area is 216 Å². The number of carbonyl (C=O) groups excluding carboxylic acids is 1. The number of aryl methyl sites for hydroxylation is 2. The maximum Gasteiger partial charge on any atom is 0.220 e. The van der Waals surface area contributed by atoms with Crippen LogP contribution in [0.15, 0.2) is 48.1 Å². The van der Waals surface area contributed by atoms with Gasteiger partial charge in [0.25, 0.3) is 0 Å². The molecule has 0 aliphatic carbocycles. The monoisotopic (exact) mass is 506 g/mol. The molecule has 0 atom stereocenters. The van der Waals surface area contributed by atoms with Crippen LogP contribution >= 0.6 is 23.2 Å². The van der Waals surface area contributed by atoms with Crippen molar-refractivity contribution in [2.45, 2.75) is 59.8 Å². The van der Waals surface area contributed by atoms with Crippen LogP contribution in [0.5, 0.6) is 0 Å². The summed E-state index contributed by atoms with van der Waals surface area (Å²) in [6.07, 6.45) is 9.76. The molecule has 0 unspecified atom stereocenters. The van der Waals surface area contributed by atoms with Gasteiger partial charge in [0.1, 0.15) is 5.82 Å². The Kier molecular flexibility index (Phi) is 18.6. The molecule has 0 radical (unpaired) electrons. The molecule has 5 nitrogen and oxygen atoms in total. The SMILES string of the molecule is C=CC.CCCc1cc(Cl)c(C)c(Cl)c1.CN=CCNC(=O)CCCCNc1cc(C)ccn1. The molecular weight excluding hydrogens is 467 g/mol. The van der Waals surface area contributed by atoms with Crippen LogP contribution in [0.4, 0.5) is 5.82 Å². The van der Waals surface area contributed by atoms with Crippen molar-refractivity contribution in [3.63, 3.8) is 0 Å². The zero-order valence-electron chi connectivity index (χ0n) is 21.3. The van der Waals surface area contributed by atoms with Crippen molar-refractivity contribution >= 4 is 41.1 Å². The average Bonchev–Trinajstić information content (AvgIpc) is 2.79. The fraction of sp³-hybridized carbons (Fsp3) is 0.444. The lowest BCUT2D eigenvalue weighted by Gasteiger charge is -2.06. The Bertz CT molecular complexity index is 862. The normalized spacial score (nSPS) is 9.97. The van der Waals surface area contributed by atoms with Gasteiger partial charge in [-0.15, -0.1) is 6.58 Å². The summed E-state index contributed by atoms with van der Waals surface area (Å²) in [4.78, 5) is 19.4. The Morgan fingerprint density at radius 2 is 1.82 bits per heavy atom. The second-order valence-electron chi connectivity index (χ2n) is 7.69. The third-order valence-electron chi connectivity index (χ3n) is 4.50. The molecular formula is C27H40Cl2N4O. The second-order valence-corrected chi connectivity index (χ2v) is 8.50. The van der Waals surface area contributed by atoms with Gasteiger partial charge < -0.3 is 10.6 Å². The minimum atomic E-state index is 0.0774. The van der Waals surface area contributed by atoms with E-state index in [2.05, 4.69) is 34.1 Å². The number of nitrogens with zero attached hydrogens (tertiary/aromatic N) is 2. The van der Waals surface area contributed by atoms with E-state index in [1.54, 1.807) is 25.5 Å². The van der Waals surface area contributed by atoms with E-state index in [1.807, 2.05) is 45.0 Å². The number of amides is 1. The molecule has 0 fully saturated rings. The van der Waals surface area contributed by atoms with Gasteiger partial charge in [-0.1, -0.05) is 42.6 Å². The van der Waals surface area contributed by atoms with Crippen LogP contribution < -0.4 is 10.6 Å². The molecule has 1 amide bonds. The number of aromatic nitrogens is 1. The number of pyridine rings is 1. The molecule has 0 saturated heterocycles. The van der Waals surface area contributed by atoms with Crippen LogP contribution in [0.25, 0.3) is 0 Å². The number of rotatable bonds is 10. The maximum absolute atomic E-state index is 11.4. The first-order valence-corrected chi connectivity index (χ1v) is 12.4. The lowest BCUT2D eigenvalue weighted by atomic mass is 10.1. The van der Waals surface area contributed by atoms with Gasteiger partial charge in [-0.05, 0) is 81.0 Å². The fourth-order valence-corrected chi connectivity index (χ4v) is 3.26. The maximum atomic E-state index is 11.4. The van der Waals surface area contributed by atoms with E-state index in [0.717, 1.165) is 53.7 Å². The number of aliphatic imine (C=N–C) groups is 1. The summed E-state index contributed by atoms with van der Waals surface area (Å²) in [5.74, 6) is 0.970. The van der Waals surface area contributed by atoms with Crippen LogP contribution in [0.3, 0.4) is 0 Å². The van der Waals surface area contributed by atoms with E-state index in [0.29, 0.717) is 13.0 Å². The summed E-state index contributed by atoms with van der Waals surface area (Å²) in [7, 11) is 1.69. The number of hydrogen-bond donors (Lipinski definition) is 2. The first-order valence-electron chi connectivity index (χ1n) is 11.6. The van der Waals surface area contributed by atoms with Crippen LogP contribution in [-0.4, -0.2) is 37.2 Å². The number of anilines is 1. The molecule has 188 valence electrons. The highest BCUT2D eigenvalue weighted by molar-refractivity contribution is 6.36. The van der Waals surface area contributed by atoms with Crippen LogP contribution in [0.1, 0.15) is 56.2 Å². The summed E-state index contributed by atoms with van der Waals surface area (Å²) in [6.45, 7) is 12.7. The van der Waals surface area contributed by atoms with E-state index < -0.39 is 0 Å². The summed E-state index contributed by atoms with van der Waals surface area (Å²) >= 11 is 11.9. The number of hydrogen-bond acceptors (Lipinski definition) is 4. The molecule has 0 saturated carbocycles. The zero-order valence-corrected chi connectivity index (χ0v) is 22.8. The number of benzene rings is 1. The van der Waals surface area contributed by atoms with Crippen molar-refractivity contribution in [1.82, 2.24) is 10.3 Å². The number of carbonyl (C=O) groups is 1. The molecule has 1 aromatic heterocycles. The van der Waals surface area contributed by atoms with E-state index in [1.165, 1.54) is 11.1 Å². The molecule has 7 heteroatoms. The number of nitrogens with one attached hydrogen (secondary N) is 2. The Hall–Kier alpha value is -2.37. The third kappa shape index (κ3) is 15.5. The highest BCUT2D eigenvalue weighted by Gasteiger charge is 2.03. The topological polar surface area (TPSA) is 66.4 Å². The van der Waals surface area contributed by atoms with Crippen molar-refractivity contribution in [3.05, 3.63) is 69.9 Å². The highest BCUT2D eigenvalue weighted by Crippen LogP contribution is 2.25. The average molecular weight is 508 g/mol. The highest BCUT2D eigenvalue weighted by atomic mass is 35.5. The molecule has 0 spiro atoms. The Morgan fingerprint density at radius 3 is 2.38 bits per heavy atom. The van der Waals surface area contributed by atoms with Crippen molar-refractivity contribution in [2.75, 3.05) is 25.5 Å². The van der Waals surface area contributed by atoms with Crippen molar-refractivity contribution in [3.8, 4) is 0 Å². The smallest absolute Gasteiger partial charge is 0.220 e. The first-order chi connectivity index (χ1) is 16.3. The summed E-state index contributed by atoms with van der Waals surface area (Å²) in [5, 5.41) is 7.56. The molecule has 0 bridgehead atoms. The summed E-state index contributed by atoms with van der Waals surface area (Å²) in [5.41, 5.74) is 3.38. The first kappa shape index (κ1) is 31.6. The molecule has 0 aliphatic rings. The van der Waals surface area contributed by atoms with Crippen LogP contribution in [-0.2, 0) is 11.2 Å². The lowest BCUT2D eigenvalue weighted by molar-refractivity contribution is -0.120. The Balaban J connectivity index is 0.000000619. The van der Waals surface area contributed by atoms with Crippen LogP contribution in [0.2, 0.25) is 10.0 Å². The molecule has 2 rings (SSSR count). The summed E-state index contributed by atoms with van der Waals surface area (Å²) in [6, 6.07) is 7.96. The van der Waals surface area contributed by atoms with E-state index >= 15 is 0 Å². The second kappa shape index (κ2) is 20.0. The van der Waals surface area contributed by atoms with Gasteiger partial charge in [0.05, 0.1) is 6.54 Å². The van der Waals surface area contributed by atoms with Gasteiger partial charge in [-0.2, -0.15) is 0 Å². The minimum absolute atomic E-state index is 0.0774. The molecule has 1 aromatic carbocycles. The van der Waals surface area contributed by atoms with Gasteiger partial charge in [-0.3, -0.25) is 9.79 Å². The molecule has 1 heterocycles. The minimum Gasteiger partial charge on any atom is -0.370 e. The summed E-state index contributed by atoms with van der Waals surface area (Å²) < 4.78 is 0. The third-order valence-corrected chi connectivity index (χ3v) is 5.29. The molecule has 0 aliphatic heterocycles. The van der Waals surface area contributed by atoms with Crippen molar-refractivity contribution < 1.29 is 4.79 Å². The van der Waals surface area contributed by atoms with Gasteiger partial charge in [0.15, 0.2) is 0 Å². The Morgan fingerprint density at radius 1 is 1.18 bits per heavy atom. The number of allylic oxidation sites excluding steroid dienone is 1. The zero-order chi connectivity index (χ0) is 25.8. The molecule has 2 aromatic rings. The van der Waals surface area contributed by atoms with Gasteiger partial charge in [0, 0.05) is 42.5 Å². The quantitative estimate of drug-likeness (QED) is 0.202. The van der Waals surface area contributed by atoms with Crippen molar-refractivity contribution in [2.24, 2.45) is 4.99 Å². The molecule has 34 heavy (non-hydrogen) atoms. The van der Waals surface area contributed by atoms with Gasteiger partial charge in [-0.25, -0.2) is 4.98 Å². The van der Waals surface area contributed by atoms with E-state index in [-0.39, 0.29) is 5.91 Å². The number of unbranched alkanes of at least 4 members (excludes halogenated alkanes) is 1. The van der Waals surface area contributed by atoms with E-state index in [9.17, 15) is 4.79 Å².